The van der Waals surface area contributed by atoms with E-state index in [0.29, 0.717) is 38.7 Å². The van der Waals surface area contributed by atoms with Crippen molar-refractivity contribution >= 4 is 15.8 Å². The quantitative estimate of drug-likeness (QED) is 0.896. The first kappa shape index (κ1) is 16.9. The molecular formula is C17H21N3O3S. The number of aromatic nitrogens is 1. The maximum Gasteiger partial charge on any atom is 0.244 e. The van der Waals surface area contributed by atoms with Crippen LogP contribution in [0.3, 0.4) is 0 Å². The molecule has 0 radical (unpaired) electrons. The summed E-state index contributed by atoms with van der Waals surface area (Å²) in [6.45, 7) is 4.34. The van der Waals surface area contributed by atoms with E-state index in [-0.39, 0.29) is 4.90 Å². The first-order valence-electron chi connectivity index (χ1n) is 7.90. The van der Waals surface area contributed by atoms with Crippen LogP contribution in [0.5, 0.6) is 0 Å². The fourth-order valence-corrected chi connectivity index (χ4v) is 3.92. The molecule has 0 atom stereocenters. The zero-order chi connectivity index (χ0) is 17.0. The Bertz CT molecular complexity index is 785. The number of morpholine rings is 1. The topological polar surface area (TPSA) is 71.5 Å². The minimum Gasteiger partial charge on any atom is -0.379 e. The zero-order valence-electron chi connectivity index (χ0n) is 13.6. The van der Waals surface area contributed by atoms with Gasteiger partial charge in [0.1, 0.15) is 10.7 Å². The van der Waals surface area contributed by atoms with Crippen LogP contribution in [0, 0.1) is 6.92 Å². The summed E-state index contributed by atoms with van der Waals surface area (Å²) < 4.78 is 31.7. The van der Waals surface area contributed by atoms with Crippen molar-refractivity contribution in [1.29, 1.82) is 0 Å². The second-order valence-electron chi connectivity index (χ2n) is 5.68. The number of sulfonamides is 1. The lowest BCUT2D eigenvalue weighted by Gasteiger charge is -2.25. The summed E-state index contributed by atoms with van der Waals surface area (Å²) in [5, 5.41) is 3.22. The molecule has 0 unspecified atom stereocenters. The van der Waals surface area contributed by atoms with Gasteiger partial charge in [0.25, 0.3) is 0 Å². The summed E-state index contributed by atoms with van der Waals surface area (Å²) in [6.07, 6.45) is 1.41. The number of anilines is 1. The van der Waals surface area contributed by atoms with E-state index >= 15 is 0 Å². The van der Waals surface area contributed by atoms with E-state index < -0.39 is 10.0 Å². The van der Waals surface area contributed by atoms with Crippen molar-refractivity contribution < 1.29 is 13.2 Å². The fraction of sp³-hybridized carbons (Fsp3) is 0.353. The number of pyridine rings is 1. The lowest BCUT2D eigenvalue weighted by molar-refractivity contribution is 0.0730. The highest BCUT2D eigenvalue weighted by Gasteiger charge is 2.26. The number of nitrogens with one attached hydrogen (secondary N) is 1. The van der Waals surface area contributed by atoms with Crippen LogP contribution in [0.25, 0.3) is 0 Å². The van der Waals surface area contributed by atoms with Crippen LogP contribution in [-0.2, 0) is 21.3 Å². The van der Waals surface area contributed by atoms with E-state index in [1.165, 1.54) is 21.6 Å². The normalized spacial score (nSPS) is 16.0. The van der Waals surface area contributed by atoms with Gasteiger partial charge in [0.15, 0.2) is 0 Å². The van der Waals surface area contributed by atoms with Crippen molar-refractivity contribution in [3.8, 4) is 0 Å². The van der Waals surface area contributed by atoms with Crippen LogP contribution in [-0.4, -0.2) is 44.0 Å². The van der Waals surface area contributed by atoms with Crippen LogP contribution >= 0.6 is 0 Å². The minimum atomic E-state index is -3.49. The van der Waals surface area contributed by atoms with Crippen molar-refractivity contribution in [2.45, 2.75) is 18.4 Å². The van der Waals surface area contributed by atoms with Gasteiger partial charge in [-0.15, -0.1) is 0 Å². The second kappa shape index (κ2) is 7.29. The molecule has 1 saturated heterocycles. The van der Waals surface area contributed by atoms with E-state index in [4.69, 9.17) is 4.74 Å². The SMILES string of the molecule is Cc1ccccc1CNc1ccc(S(=O)(=O)N2CCOCC2)cn1. The molecule has 0 amide bonds. The van der Waals surface area contributed by atoms with Gasteiger partial charge in [-0.2, -0.15) is 4.31 Å². The molecule has 2 aromatic rings. The second-order valence-corrected chi connectivity index (χ2v) is 7.61. The Hall–Kier alpha value is -1.96. The minimum absolute atomic E-state index is 0.214. The first-order chi connectivity index (χ1) is 11.6. The molecular weight excluding hydrogens is 326 g/mol. The molecule has 0 saturated carbocycles. The Kier molecular flexibility index (Phi) is 5.13. The maximum atomic E-state index is 12.5. The highest BCUT2D eigenvalue weighted by Crippen LogP contribution is 2.18. The van der Waals surface area contributed by atoms with Gasteiger partial charge in [-0.1, -0.05) is 24.3 Å². The molecule has 1 aromatic heterocycles. The van der Waals surface area contributed by atoms with Gasteiger partial charge in [0, 0.05) is 25.8 Å². The monoisotopic (exact) mass is 347 g/mol. The third-order valence-corrected chi connectivity index (χ3v) is 5.95. The van der Waals surface area contributed by atoms with Crippen molar-refractivity contribution in [2.24, 2.45) is 0 Å². The summed E-state index contributed by atoms with van der Waals surface area (Å²) in [5.41, 5.74) is 2.39. The molecule has 3 rings (SSSR count). The molecule has 2 heterocycles. The number of ether oxygens (including phenoxy) is 1. The van der Waals surface area contributed by atoms with Gasteiger partial charge in [-0.3, -0.25) is 0 Å². The average Bonchev–Trinajstić information content (AvgIpc) is 2.62. The molecule has 1 aliphatic heterocycles. The number of aryl methyl sites for hydroxylation is 1. The Labute approximate surface area is 142 Å². The van der Waals surface area contributed by atoms with Crippen LogP contribution in [0.2, 0.25) is 0 Å². The number of hydrogen-bond donors (Lipinski definition) is 1. The Balaban J connectivity index is 1.68. The highest BCUT2D eigenvalue weighted by molar-refractivity contribution is 7.89. The van der Waals surface area contributed by atoms with E-state index in [0.717, 1.165) is 0 Å². The predicted octanol–water partition coefficient (Wildman–Crippen LogP) is 2.02. The van der Waals surface area contributed by atoms with Crippen LogP contribution < -0.4 is 5.32 Å². The van der Waals surface area contributed by atoms with Crippen LogP contribution in [0.1, 0.15) is 11.1 Å². The molecule has 128 valence electrons. The summed E-state index contributed by atoms with van der Waals surface area (Å²) in [4.78, 5) is 4.45. The van der Waals surface area contributed by atoms with Crippen molar-refractivity contribution in [2.75, 3.05) is 31.6 Å². The average molecular weight is 347 g/mol. The fourth-order valence-electron chi connectivity index (χ4n) is 2.57. The van der Waals surface area contributed by atoms with Gasteiger partial charge in [-0.25, -0.2) is 13.4 Å². The Morgan fingerprint density at radius 2 is 1.92 bits per heavy atom. The van der Waals surface area contributed by atoms with Crippen LogP contribution in [0.4, 0.5) is 5.82 Å². The van der Waals surface area contributed by atoms with Gasteiger partial charge in [0.2, 0.25) is 10.0 Å². The molecule has 0 aliphatic carbocycles. The summed E-state index contributed by atoms with van der Waals surface area (Å²) in [6, 6.07) is 11.4. The van der Waals surface area contributed by atoms with Crippen molar-refractivity contribution in [3.63, 3.8) is 0 Å². The van der Waals surface area contributed by atoms with Crippen molar-refractivity contribution in [3.05, 3.63) is 53.7 Å². The third-order valence-electron chi connectivity index (χ3n) is 4.07. The number of hydrogen-bond acceptors (Lipinski definition) is 5. The molecule has 1 fully saturated rings. The van der Waals surface area contributed by atoms with Gasteiger partial charge < -0.3 is 10.1 Å². The Morgan fingerprint density at radius 1 is 1.17 bits per heavy atom. The maximum absolute atomic E-state index is 12.5. The van der Waals surface area contributed by atoms with E-state index in [1.807, 2.05) is 12.1 Å². The van der Waals surface area contributed by atoms with Crippen LogP contribution in [0.15, 0.2) is 47.5 Å². The number of nitrogens with zero attached hydrogens (tertiary/aromatic N) is 2. The van der Waals surface area contributed by atoms with E-state index in [9.17, 15) is 8.42 Å². The largest absolute Gasteiger partial charge is 0.379 e. The lowest BCUT2D eigenvalue weighted by atomic mass is 10.1. The highest BCUT2D eigenvalue weighted by atomic mass is 32.2. The van der Waals surface area contributed by atoms with E-state index in [2.05, 4.69) is 29.4 Å². The summed E-state index contributed by atoms with van der Waals surface area (Å²) in [5.74, 6) is 0.652. The number of rotatable bonds is 5. The standard InChI is InChI=1S/C17H21N3O3S/c1-14-4-2-3-5-15(14)12-18-17-7-6-16(13-19-17)24(21,22)20-8-10-23-11-9-20/h2-7,13H,8-12H2,1H3,(H,18,19). The first-order valence-corrected chi connectivity index (χ1v) is 9.34. The van der Waals surface area contributed by atoms with Gasteiger partial charge in [-0.05, 0) is 30.2 Å². The summed E-state index contributed by atoms with van der Waals surface area (Å²) >= 11 is 0. The number of benzene rings is 1. The summed E-state index contributed by atoms with van der Waals surface area (Å²) in [7, 11) is -3.49. The van der Waals surface area contributed by atoms with Crippen molar-refractivity contribution in [1.82, 2.24) is 9.29 Å². The smallest absolute Gasteiger partial charge is 0.244 e. The van der Waals surface area contributed by atoms with Gasteiger partial charge in [0.05, 0.1) is 13.2 Å². The molecule has 1 N–H and O–H groups in total. The lowest BCUT2D eigenvalue weighted by Crippen LogP contribution is -2.40. The molecule has 6 nitrogen and oxygen atoms in total. The van der Waals surface area contributed by atoms with Gasteiger partial charge >= 0.3 is 0 Å². The molecule has 1 aliphatic rings. The predicted molar refractivity (Wildman–Crippen MR) is 92.3 cm³/mol. The molecule has 1 aromatic carbocycles. The van der Waals surface area contributed by atoms with E-state index in [1.54, 1.807) is 12.1 Å². The Morgan fingerprint density at radius 3 is 2.58 bits per heavy atom. The molecule has 0 bridgehead atoms. The molecule has 24 heavy (non-hydrogen) atoms. The molecule has 0 spiro atoms. The molecule has 7 heteroatoms. The zero-order valence-corrected chi connectivity index (χ0v) is 14.4. The third kappa shape index (κ3) is 3.75.